The molecule has 0 saturated carbocycles. The maximum absolute atomic E-state index is 14.3. The largest absolute Gasteiger partial charge is 0.371 e. The standard InChI is InChI=1S/C27H30FN5OS/c1-15-8-9-22(28)26-25(15)21(16(2)32-26)10-11-30-17(3)27-23(31-14-29)13-24(35-27)19-6-5-7-20(12-19)33-18(4)34/h5-9,12-13,31-32H,10-11,14,29H2,1-4H3,(H,33,34). The number of aromatic amines is 1. The number of thiophene rings is 1. The number of hydrogen-bond donors (Lipinski definition) is 4. The molecule has 35 heavy (non-hydrogen) atoms. The highest BCUT2D eigenvalue weighted by Gasteiger charge is 2.15. The van der Waals surface area contributed by atoms with Gasteiger partial charge in [0.05, 0.1) is 28.5 Å². The minimum atomic E-state index is -0.231. The van der Waals surface area contributed by atoms with Crippen LogP contribution in [-0.4, -0.2) is 29.8 Å². The number of nitrogens with zero attached hydrogens (tertiary/aromatic N) is 1. The van der Waals surface area contributed by atoms with Gasteiger partial charge in [-0.15, -0.1) is 11.3 Å². The van der Waals surface area contributed by atoms with E-state index in [1.807, 2.05) is 51.1 Å². The molecule has 2 heterocycles. The van der Waals surface area contributed by atoms with Gasteiger partial charge in [-0.1, -0.05) is 18.2 Å². The monoisotopic (exact) mass is 491 g/mol. The van der Waals surface area contributed by atoms with Gasteiger partial charge < -0.3 is 21.4 Å². The number of rotatable bonds is 8. The highest BCUT2D eigenvalue weighted by molar-refractivity contribution is 7.18. The molecular formula is C27H30FN5OS. The number of benzene rings is 2. The van der Waals surface area contributed by atoms with Crippen LogP contribution in [0.4, 0.5) is 15.8 Å². The summed E-state index contributed by atoms with van der Waals surface area (Å²) in [6.45, 7) is 8.37. The Morgan fingerprint density at radius 3 is 2.71 bits per heavy atom. The van der Waals surface area contributed by atoms with Crippen LogP contribution in [0.25, 0.3) is 21.3 Å². The van der Waals surface area contributed by atoms with E-state index in [4.69, 9.17) is 10.7 Å². The Balaban J connectivity index is 1.60. The van der Waals surface area contributed by atoms with E-state index in [1.54, 1.807) is 11.3 Å². The summed E-state index contributed by atoms with van der Waals surface area (Å²) in [7, 11) is 0. The lowest BCUT2D eigenvalue weighted by atomic mass is 10.0. The number of amides is 1. The third-order valence-electron chi connectivity index (χ3n) is 5.96. The topological polar surface area (TPSA) is 95.3 Å². The molecule has 6 nitrogen and oxygen atoms in total. The molecule has 8 heteroatoms. The predicted octanol–water partition coefficient (Wildman–Crippen LogP) is 5.99. The minimum absolute atomic E-state index is 0.106. The second kappa shape index (κ2) is 10.4. The van der Waals surface area contributed by atoms with E-state index in [-0.39, 0.29) is 11.7 Å². The van der Waals surface area contributed by atoms with E-state index < -0.39 is 0 Å². The number of aryl methyl sites for hydroxylation is 2. The lowest BCUT2D eigenvalue weighted by Gasteiger charge is -2.06. The van der Waals surface area contributed by atoms with Crippen LogP contribution in [0.5, 0.6) is 0 Å². The van der Waals surface area contributed by atoms with Gasteiger partial charge in [0, 0.05) is 35.1 Å². The lowest BCUT2D eigenvalue weighted by molar-refractivity contribution is -0.114. The number of anilines is 2. The van der Waals surface area contributed by atoms with Crippen molar-refractivity contribution in [2.75, 3.05) is 23.8 Å². The summed E-state index contributed by atoms with van der Waals surface area (Å²) in [5, 5.41) is 7.02. The highest BCUT2D eigenvalue weighted by atomic mass is 32.1. The Bertz CT molecular complexity index is 1420. The van der Waals surface area contributed by atoms with Gasteiger partial charge in [0.15, 0.2) is 0 Å². The maximum atomic E-state index is 14.3. The first-order valence-electron chi connectivity index (χ1n) is 11.5. The van der Waals surface area contributed by atoms with Crippen molar-refractivity contribution in [3.8, 4) is 10.4 Å². The zero-order valence-electron chi connectivity index (χ0n) is 20.4. The van der Waals surface area contributed by atoms with Crippen molar-refractivity contribution in [3.63, 3.8) is 0 Å². The maximum Gasteiger partial charge on any atom is 0.221 e. The van der Waals surface area contributed by atoms with E-state index in [0.717, 1.165) is 54.6 Å². The third-order valence-corrected chi connectivity index (χ3v) is 7.25. The summed E-state index contributed by atoms with van der Waals surface area (Å²) in [6.07, 6.45) is 0.712. The van der Waals surface area contributed by atoms with Crippen LogP contribution in [0.2, 0.25) is 0 Å². The molecule has 0 fully saturated rings. The molecule has 2 aromatic carbocycles. The fraction of sp³-hybridized carbons (Fsp3) is 0.259. The second-order valence-corrected chi connectivity index (χ2v) is 9.61. The zero-order valence-corrected chi connectivity index (χ0v) is 21.2. The van der Waals surface area contributed by atoms with Crippen LogP contribution in [0, 0.1) is 19.7 Å². The molecule has 0 bridgehead atoms. The van der Waals surface area contributed by atoms with E-state index >= 15 is 0 Å². The van der Waals surface area contributed by atoms with Gasteiger partial charge in [-0.05, 0) is 68.1 Å². The number of halogens is 1. The molecule has 0 aliphatic heterocycles. The highest BCUT2D eigenvalue weighted by Crippen LogP contribution is 2.36. The summed E-state index contributed by atoms with van der Waals surface area (Å²) in [6, 6.07) is 13.1. The molecule has 0 radical (unpaired) electrons. The second-order valence-electron chi connectivity index (χ2n) is 8.56. The van der Waals surface area contributed by atoms with Crippen LogP contribution in [-0.2, 0) is 11.2 Å². The molecule has 1 amide bonds. The van der Waals surface area contributed by atoms with Gasteiger partial charge >= 0.3 is 0 Å². The van der Waals surface area contributed by atoms with Gasteiger partial charge in [-0.2, -0.15) is 0 Å². The Kier molecular flexibility index (Phi) is 7.33. The van der Waals surface area contributed by atoms with Crippen LogP contribution < -0.4 is 16.4 Å². The number of H-pyrrole nitrogens is 1. The molecule has 4 aromatic rings. The molecule has 0 unspecified atom stereocenters. The van der Waals surface area contributed by atoms with Crippen molar-refractivity contribution < 1.29 is 9.18 Å². The van der Waals surface area contributed by atoms with Crippen molar-refractivity contribution in [3.05, 3.63) is 70.0 Å². The smallest absolute Gasteiger partial charge is 0.221 e. The number of hydrogen-bond acceptors (Lipinski definition) is 5. The molecule has 0 saturated heterocycles. The molecule has 4 rings (SSSR count). The van der Waals surface area contributed by atoms with E-state index in [9.17, 15) is 9.18 Å². The Hall–Kier alpha value is -3.49. The van der Waals surface area contributed by atoms with Crippen molar-refractivity contribution in [2.24, 2.45) is 10.7 Å². The van der Waals surface area contributed by atoms with Gasteiger partial charge in [0.1, 0.15) is 5.82 Å². The lowest BCUT2D eigenvalue weighted by Crippen LogP contribution is -2.12. The fourth-order valence-corrected chi connectivity index (χ4v) is 5.45. The number of carbonyl (C=O) groups is 1. The molecule has 0 spiro atoms. The van der Waals surface area contributed by atoms with Gasteiger partial charge in [-0.3, -0.25) is 9.79 Å². The summed E-state index contributed by atoms with van der Waals surface area (Å²) < 4.78 is 14.3. The van der Waals surface area contributed by atoms with Crippen LogP contribution >= 0.6 is 11.3 Å². The minimum Gasteiger partial charge on any atom is -0.371 e. The molecular weight excluding hydrogens is 461 g/mol. The third kappa shape index (κ3) is 5.28. The number of carbonyl (C=O) groups excluding carboxylic acids is 1. The fourth-order valence-electron chi connectivity index (χ4n) is 4.36. The average molecular weight is 492 g/mol. The summed E-state index contributed by atoms with van der Waals surface area (Å²) in [4.78, 5) is 21.6. The average Bonchev–Trinajstić information content (AvgIpc) is 3.38. The number of fused-ring (bicyclic) bond motifs is 1. The van der Waals surface area contributed by atoms with Gasteiger partial charge in [0.2, 0.25) is 5.91 Å². The molecule has 0 atom stereocenters. The molecule has 2 aromatic heterocycles. The number of aromatic nitrogens is 1. The first kappa shape index (κ1) is 24.6. The Morgan fingerprint density at radius 1 is 1.17 bits per heavy atom. The Labute approximate surface area is 208 Å². The van der Waals surface area contributed by atoms with E-state index in [1.165, 1.54) is 13.0 Å². The molecule has 0 aliphatic rings. The van der Waals surface area contributed by atoms with Crippen LogP contribution in [0.15, 0.2) is 47.5 Å². The van der Waals surface area contributed by atoms with Crippen LogP contribution in [0.1, 0.15) is 35.5 Å². The van der Waals surface area contributed by atoms with Crippen molar-refractivity contribution in [1.29, 1.82) is 0 Å². The number of aliphatic imine (C=N–C) groups is 1. The first-order chi connectivity index (χ1) is 16.8. The summed E-state index contributed by atoms with van der Waals surface area (Å²) in [5.74, 6) is -0.336. The predicted molar refractivity (Wildman–Crippen MR) is 145 cm³/mol. The van der Waals surface area contributed by atoms with Gasteiger partial charge in [-0.25, -0.2) is 4.39 Å². The Morgan fingerprint density at radius 2 is 1.97 bits per heavy atom. The quantitative estimate of drug-likeness (QED) is 0.180. The number of nitrogens with two attached hydrogens (primary N) is 1. The van der Waals surface area contributed by atoms with E-state index in [0.29, 0.717) is 25.2 Å². The zero-order chi connectivity index (χ0) is 25.1. The summed E-state index contributed by atoms with van der Waals surface area (Å²) >= 11 is 1.63. The van der Waals surface area contributed by atoms with Crippen molar-refractivity contribution in [1.82, 2.24) is 4.98 Å². The van der Waals surface area contributed by atoms with Crippen LogP contribution in [0.3, 0.4) is 0 Å². The molecule has 5 N–H and O–H groups in total. The summed E-state index contributed by atoms with van der Waals surface area (Å²) in [5.41, 5.74) is 13.1. The molecule has 0 aliphatic carbocycles. The molecule has 182 valence electrons. The first-order valence-corrected chi connectivity index (χ1v) is 12.3. The van der Waals surface area contributed by atoms with Gasteiger partial charge in [0.25, 0.3) is 0 Å². The van der Waals surface area contributed by atoms with Crippen molar-refractivity contribution >= 4 is 45.2 Å². The number of nitrogens with one attached hydrogen (secondary N) is 3. The van der Waals surface area contributed by atoms with Crippen molar-refractivity contribution in [2.45, 2.75) is 34.1 Å². The SMILES string of the molecule is CC(=O)Nc1cccc(-c2cc(NCN)c(C(C)=NCCc3c(C)[nH]c4c(F)ccc(C)c34)s2)c1. The van der Waals surface area contributed by atoms with E-state index in [2.05, 4.69) is 21.7 Å². The normalized spacial score (nSPS) is 11.8.